The Bertz CT molecular complexity index is 927. The number of aromatic nitrogens is 3. The van der Waals surface area contributed by atoms with Gasteiger partial charge in [0.1, 0.15) is 5.75 Å². The lowest BCUT2D eigenvalue weighted by molar-refractivity contribution is 0.481. The molecule has 20 heavy (non-hydrogen) atoms. The average Bonchev–Trinajstić information content (AvgIpc) is 2.91. The first-order valence-electron chi connectivity index (χ1n) is 6.33. The highest BCUT2D eigenvalue weighted by molar-refractivity contribution is 5.93. The standard InChI is InChI=1S/C16H11N3O/c20-15-4-1-3-11-5-6-12(9-13(11)15)14-10-18-19-8-2-7-17-16(14)19/h1-10,20H. The lowest BCUT2D eigenvalue weighted by Crippen LogP contribution is -1.87. The molecule has 2 aromatic carbocycles. The zero-order chi connectivity index (χ0) is 13.5. The van der Waals surface area contributed by atoms with Gasteiger partial charge in [-0.25, -0.2) is 9.50 Å². The minimum absolute atomic E-state index is 0.286. The maximum atomic E-state index is 9.97. The van der Waals surface area contributed by atoms with E-state index in [1.54, 1.807) is 23.0 Å². The number of phenols is 1. The largest absolute Gasteiger partial charge is 0.507 e. The van der Waals surface area contributed by atoms with Gasteiger partial charge in [0, 0.05) is 23.3 Å². The Hall–Kier alpha value is -2.88. The van der Waals surface area contributed by atoms with Crippen LogP contribution >= 0.6 is 0 Å². The van der Waals surface area contributed by atoms with Crippen molar-refractivity contribution in [2.75, 3.05) is 0 Å². The third-order valence-corrected chi connectivity index (χ3v) is 3.45. The van der Waals surface area contributed by atoms with Gasteiger partial charge in [0.25, 0.3) is 0 Å². The summed E-state index contributed by atoms with van der Waals surface area (Å²) in [5, 5.41) is 16.1. The van der Waals surface area contributed by atoms with Crippen LogP contribution < -0.4 is 0 Å². The molecule has 0 fully saturated rings. The molecule has 0 unspecified atom stereocenters. The van der Waals surface area contributed by atoms with Crippen molar-refractivity contribution in [2.24, 2.45) is 0 Å². The summed E-state index contributed by atoms with van der Waals surface area (Å²) in [6, 6.07) is 13.3. The third kappa shape index (κ3) is 1.55. The third-order valence-electron chi connectivity index (χ3n) is 3.45. The fourth-order valence-corrected chi connectivity index (χ4v) is 2.45. The van der Waals surface area contributed by atoms with E-state index in [1.807, 2.05) is 42.6 Å². The number of hydrogen-bond acceptors (Lipinski definition) is 3. The van der Waals surface area contributed by atoms with Crippen molar-refractivity contribution in [2.45, 2.75) is 0 Å². The molecule has 4 nitrogen and oxygen atoms in total. The smallest absolute Gasteiger partial charge is 0.162 e. The van der Waals surface area contributed by atoms with Gasteiger partial charge in [-0.1, -0.05) is 24.3 Å². The van der Waals surface area contributed by atoms with Gasteiger partial charge in [-0.05, 0) is 29.1 Å². The van der Waals surface area contributed by atoms with Gasteiger partial charge >= 0.3 is 0 Å². The summed E-state index contributed by atoms with van der Waals surface area (Å²) >= 11 is 0. The maximum absolute atomic E-state index is 9.97. The molecular formula is C16H11N3O. The van der Waals surface area contributed by atoms with Crippen LogP contribution in [0.2, 0.25) is 0 Å². The maximum Gasteiger partial charge on any atom is 0.162 e. The van der Waals surface area contributed by atoms with Crippen LogP contribution in [-0.4, -0.2) is 19.7 Å². The van der Waals surface area contributed by atoms with Crippen LogP contribution in [0.1, 0.15) is 0 Å². The fraction of sp³-hybridized carbons (Fsp3) is 0. The Balaban J connectivity index is 2.00. The first-order chi connectivity index (χ1) is 9.83. The number of rotatable bonds is 1. The predicted molar refractivity (Wildman–Crippen MR) is 77.6 cm³/mol. The first kappa shape index (κ1) is 11.0. The van der Waals surface area contributed by atoms with E-state index < -0.39 is 0 Å². The van der Waals surface area contributed by atoms with E-state index in [-0.39, 0.29) is 5.75 Å². The molecule has 0 atom stereocenters. The highest BCUT2D eigenvalue weighted by Crippen LogP contribution is 2.30. The highest BCUT2D eigenvalue weighted by Gasteiger charge is 2.09. The van der Waals surface area contributed by atoms with E-state index in [2.05, 4.69) is 10.1 Å². The van der Waals surface area contributed by atoms with Crippen molar-refractivity contribution in [3.63, 3.8) is 0 Å². The molecule has 2 heterocycles. The van der Waals surface area contributed by atoms with Crippen LogP contribution in [-0.2, 0) is 0 Å². The summed E-state index contributed by atoms with van der Waals surface area (Å²) in [4.78, 5) is 4.36. The summed E-state index contributed by atoms with van der Waals surface area (Å²) < 4.78 is 1.74. The zero-order valence-electron chi connectivity index (χ0n) is 10.6. The SMILES string of the molecule is Oc1cccc2ccc(-c3cnn4cccnc34)cc12. The lowest BCUT2D eigenvalue weighted by atomic mass is 10.0. The van der Waals surface area contributed by atoms with Crippen molar-refractivity contribution in [3.05, 3.63) is 61.1 Å². The lowest BCUT2D eigenvalue weighted by Gasteiger charge is -2.04. The van der Waals surface area contributed by atoms with Gasteiger partial charge < -0.3 is 5.11 Å². The number of hydrogen-bond donors (Lipinski definition) is 1. The molecule has 0 saturated carbocycles. The number of benzene rings is 2. The van der Waals surface area contributed by atoms with E-state index in [4.69, 9.17) is 0 Å². The molecule has 4 rings (SSSR count). The minimum atomic E-state index is 0.286. The van der Waals surface area contributed by atoms with Gasteiger partial charge in [-0.2, -0.15) is 5.10 Å². The molecule has 96 valence electrons. The molecule has 0 saturated heterocycles. The van der Waals surface area contributed by atoms with Crippen LogP contribution in [0, 0.1) is 0 Å². The van der Waals surface area contributed by atoms with Gasteiger partial charge in [-0.3, -0.25) is 0 Å². The van der Waals surface area contributed by atoms with Crippen molar-refractivity contribution < 1.29 is 5.11 Å². The Morgan fingerprint density at radius 3 is 2.95 bits per heavy atom. The normalized spacial score (nSPS) is 11.2. The van der Waals surface area contributed by atoms with Crippen molar-refractivity contribution in [1.29, 1.82) is 0 Å². The summed E-state index contributed by atoms with van der Waals surface area (Å²) in [5.41, 5.74) is 2.76. The molecule has 0 spiro atoms. The van der Waals surface area contributed by atoms with E-state index in [0.29, 0.717) is 0 Å². The van der Waals surface area contributed by atoms with Crippen molar-refractivity contribution >= 4 is 16.4 Å². The van der Waals surface area contributed by atoms with Gasteiger partial charge in [0.15, 0.2) is 5.65 Å². The second kappa shape index (κ2) is 4.06. The van der Waals surface area contributed by atoms with E-state index in [1.165, 1.54) is 0 Å². The summed E-state index contributed by atoms with van der Waals surface area (Å²) in [6.07, 6.45) is 5.41. The summed E-state index contributed by atoms with van der Waals surface area (Å²) in [6.45, 7) is 0. The molecule has 0 aliphatic carbocycles. The average molecular weight is 261 g/mol. The predicted octanol–water partition coefficient (Wildman–Crippen LogP) is 3.26. The van der Waals surface area contributed by atoms with Gasteiger partial charge in [0.05, 0.1) is 6.20 Å². The Morgan fingerprint density at radius 2 is 2.00 bits per heavy atom. The molecule has 0 aliphatic rings. The van der Waals surface area contributed by atoms with E-state index >= 15 is 0 Å². The van der Waals surface area contributed by atoms with E-state index in [0.717, 1.165) is 27.5 Å². The number of fused-ring (bicyclic) bond motifs is 2. The fourth-order valence-electron chi connectivity index (χ4n) is 2.45. The van der Waals surface area contributed by atoms with Crippen LogP contribution in [0.15, 0.2) is 61.1 Å². The molecule has 0 bridgehead atoms. The van der Waals surface area contributed by atoms with Crippen LogP contribution in [0.5, 0.6) is 5.75 Å². The number of phenolic OH excluding ortho intramolecular Hbond substituents is 1. The monoisotopic (exact) mass is 261 g/mol. The minimum Gasteiger partial charge on any atom is -0.507 e. The topological polar surface area (TPSA) is 50.4 Å². The molecule has 1 N–H and O–H groups in total. The molecule has 0 radical (unpaired) electrons. The first-order valence-corrected chi connectivity index (χ1v) is 6.33. The van der Waals surface area contributed by atoms with Gasteiger partial charge in [0.2, 0.25) is 0 Å². The molecule has 4 heteroatoms. The summed E-state index contributed by atoms with van der Waals surface area (Å²) in [7, 11) is 0. The van der Waals surface area contributed by atoms with Crippen LogP contribution in [0.25, 0.3) is 27.5 Å². The molecular weight excluding hydrogens is 250 g/mol. The van der Waals surface area contributed by atoms with E-state index in [9.17, 15) is 5.11 Å². The van der Waals surface area contributed by atoms with Gasteiger partial charge in [-0.15, -0.1) is 0 Å². The number of aromatic hydroxyl groups is 1. The second-order valence-electron chi connectivity index (χ2n) is 4.66. The van der Waals surface area contributed by atoms with Crippen LogP contribution in [0.3, 0.4) is 0 Å². The molecule has 2 aromatic heterocycles. The Kier molecular flexibility index (Phi) is 2.23. The van der Waals surface area contributed by atoms with Crippen molar-refractivity contribution in [1.82, 2.24) is 14.6 Å². The quantitative estimate of drug-likeness (QED) is 0.572. The Labute approximate surface area is 114 Å². The van der Waals surface area contributed by atoms with Crippen molar-refractivity contribution in [3.8, 4) is 16.9 Å². The van der Waals surface area contributed by atoms with Crippen LogP contribution in [0.4, 0.5) is 0 Å². The molecule has 0 aliphatic heterocycles. The Morgan fingerprint density at radius 1 is 1.05 bits per heavy atom. The summed E-state index contributed by atoms with van der Waals surface area (Å²) in [5.74, 6) is 0.286. The zero-order valence-corrected chi connectivity index (χ0v) is 10.6. The molecule has 4 aromatic rings. The number of nitrogens with zero attached hydrogens (tertiary/aromatic N) is 3. The molecule has 0 amide bonds. The second-order valence-corrected chi connectivity index (χ2v) is 4.66. The highest BCUT2D eigenvalue weighted by atomic mass is 16.3.